The Morgan fingerprint density at radius 2 is 1.90 bits per heavy atom. The quantitative estimate of drug-likeness (QED) is 0.385. The zero-order valence-corrected chi connectivity index (χ0v) is 19.5. The lowest BCUT2D eigenvalue weighted by Gasteiger charge is -2.56. The number of hydrogen-bond donors (Lipinski definition) is 1. The molecule has 0 amide bonds. The third-order valence-corrected chi connectivity index (χ3v) is 9.64. The van der Waals surface area contributed by atoms with Gasteiger partial charge in [0.05, 0.1) is 18.2 Å². The van der Waals surface area contributed by atoms with Gasteiger partial charge in [-0.1, -0.05) is 6.92 Å². The number of nitriles is 1. The first kappa shape index (κ1) is 22.5. The van der Waals surface area contributed by atoms with E-state index in [9.17, 15) is 9.90 Å². The number of hydrazone groups is 1. The summed E-state index contributed by atoms with van der Waals surface area (Å²) < 4.78 is 0. The highest BCUT2D eigenvalue weighted by Gasteiger charge is 2.58. The Hall–Kier alpha value is -1.67. The molecule has 0 heterocycles. The van der Waals surface area contributed by atoms with Crippen molar-refractivity contribution in [2.75, 3.05) is 6.54 Å². The first-order valence-corrected chi connectivity index (χ1v) is 12.3. The van der Waals surface area contributed by atoms with E-state index in [0.717, 1.165) is 49.9 Å². The number of Topliss-reactive ketones (excluding diaryl/α,β-unsaturated/α-hetero) is 1. The van der Waals surface area contributed by atoms with Gasteiger partial charge in [-0.15, -0.1) is 0 Å². The minimum absolute atomic E-state index is 0.0864. The van der Waals surface area contributed by atoms with Gasteiger partial charge in [0.25, 0.3) is 0 Å². The molecule has 4 saturated carbocycles. The van der Waals surface area contributed by atoms with E-state index < -0.39 is 5.60 Å². The van der Waals surface area contributed by atoms with Gasteiger partial charge >= 0.3 is 0 Å². The molecule has 4 aliphatic rings. The highest BCUT2D eigenvalue weighted by molar-refractivity contribution is 5.84. The van der Waals surface area contributed by atoms with Crippen LogP contribution in [0.2, 0.25) is 0 Å². The lowest BCUT2D eigenvalue weighted by atomic mass is 9.49. The molecular formula is C26H39N3O2. The number of carbonyl (C=O) groups is 1. The maximum absolute atomic E-state index is 13.3. The monoisotopic (exact) mass is 425 g/mol. The number of ketones is 1. The van der Waals surface area contributed by atoms with Crippen molar-refractivity contribution in [3.63, 3.8) is 0 Å². The molecule has 1 N–H and O–H groups in total. The van der Waals surface area contributed by atoms with E-state index in [1.165, 1.54) is 30.7 Å². The van der Waals surface area contributed by atoms with E-state index in [2.05, 4.69) is 24.8 Å². The topological polar surface area (TPSA) is 76.7 Å². The number of fused-ring (bicyclic) bond motifs is 5. The van der Waals surface area contributed by atoms with E-state index >= 15 is 0 Å². The number of carbonyl (C=O) groups excluding carboxylic acids is 1. The third kappa shape index (κ3) is 4.09. The molecule has 0 aromatic heterocycles. The van der Waals surface area contributed by atoms with E-state index in [1.807, 2.05) is 6.92 Å². The van der Waals surface area contributed by atoms with Crippen LogP contribution in [-0.4, -0.2) is 34.8 Å². The van der Waals surface area contributed by atoms with Gasteiger partial charge in [-0.05, 0) is 107 Å². The van der Waals surface area contributed by atoms with Crippen LogP contribution >= 0.6 is 0 Å². The molecule has 4 aliphatic carbocycles. The Balaban J connectivity index is 1.47. The van der Waals surface area contributed by atoms with Crippen molar-refractivity contribution < 1.29 is 9.90 Å². The first-order chi connectivity index (χ1) is 14.7. The molecule has 0 unspecified atom stereocenters. The molecule has 170 valence electrons. The molecule has 31 heavy (non-hydrogen) atoms. The highest BCUT2D eigenvalue weighted by Crippen LogP contribution is 2.64. The second-order valence-corrected chi connectivity index (χ2v) is 11.5. The minimum atomic E-state index is -0.467. The summed E-state index contributed by atoms with van der Waals surface area (Å²) in [6.45, 7) is 9.91. The summed E-state index contributed by atoms with van der Waals surface area (Å²) >= 11 is 0. The van der Waals surface area contributed by atoms with Gasteiger partial charge in [0.1, 0.15) is 0 Å². The van der Waals surface area contributed by atoms with Crippen LogP contribution in [0.3, 0.4) is 0 Å². The van der Waals surface area contributed by atoms with Crippen molar-refractivity contribution in [3.05, 3.63) is 11.8 Å². The van der Waals surface area contributed by atoms with Crippen LogP contribution in [0.5, 0.6) is 0 Å². The summed E-state index contributed by atoms with van der Waals surface area (Å²) in [5.41, 5.74) is 0.150. The van der Waals surface area contributed by atoms with Gasteiger partial charge in [-0.3, -0.25) is 9.80 Å². The molecule has 8 atom stereocenters. The normalized spacial score (nSPS) is 44.4. The van der Waals surface area contributed by atoms with Crippen molar-refractivity contribution in [2.45, 2.75) is 84.2 Å². The molecule has 0 radical (unpaired) electrons. The van der Waals surface area contributed by atoms with E-state index in [-0.39, 0.29) is 23.7 Å². The Morgan fingerprint density at radius 1 is 1.16 bits per heavy atom. The van der Waals surface area contributed by atoms with Gasteiger partial charge in [0.15, 0.2) is 5.78 Å². The molecule has 0 saturated heterocycles. The summed E-state index contributed by atoms with van der Waals surface area (Å²) in [6.07, 6.45) is 11.8. The third-order valence-electron chi connectivity index (χ3n) is 9.64. The lowest BCUT2D eigenvalue weighted by Crippen LogP contribution is -2.51. The Labute approximate surface area is 187 Å². The fraction of sp³-hybridized carbons (Fsp3) is 0.808. The first-order valence-electron chi connectivity index (χ1n) is 12.3. The molecule has 5 heteroatoms. The van der Waals surface area contributed by atoms with Crippen LogP contribution in [0, 0.1) is 52.3 Å². The Bertz CT molecular complexity index is 797. The SMILES string of the molecule is C=NN(/C=C(\C)C#N)CC(=O)[C@H]1CC[C@H]2[C@@H]3CC[C@@H]4C[C@](C)(O)CC[C@@H]4[C@H]3CC[C@]12C. The van der Waals surface area contributed by atoms with Crippen molar-refractivity contribution in [1.29, 1.82) is 5.26 Å². The summed E-state index contributed by atoms with van der Waals surface area (Å²) in [7, 11) is 0. The van der Waals surface area contributed by atoms with E-state index in [1.54, 1.807) is 13.1 Å². The second kappa shape index (κ2) is 8.35. The summed E-state index contributed by atoms with van der Waals surface area (Å²) in [5, 5.41) is 25.1. The Morgan fingerprint density at radius 3 is 2.61 bits per heavy atom. The highest BCUT2D eigenvalue weighted by atomic mass is 16.3. The zero-order valence-electron chi connectivity index (χ0n) is 19.5. The predicted octanol–water partition coefficient (Wildman–Crippen LogP) is 4.92. The van der Waals surface area contributed by atoms with Crippen LogP contribution < -0.4 is 0 Å². The van der Waals surface area contributed by atoms with Crippen molar-refractivity contribution >= 4 is 12.5 Å². The van der Waals surface area contributed by atoms with Crippen molar-refractivity contribution in [3.8, 4) is 6.07 Å². The fourth-order valence-electron chi connectivity index (χ4n) is 8.27. The number of allylic oxidation sites excluding steroid dienone is 1. The fourth-order valence-corrected chi connectivity index (χ4v) is 8.27. The molecule has 4 fully saturated rings. The van der Waals surface area contributed by atoms with Crippen molar-refractivity contribution in [1.82, 2.24) is 5.01 Å². The molecule has 0 aromatic carbocycles. The van der Waals surface area contributed by atoms with E-state index in [0.29, 0.717) is 17.4 Å². The summed E-state index contributed by atoms with van der Waals surface area (Å²) in [6, 6.07) is 2.09. The Kier molecular flexibility index (Phi) is 6.07. The van der Waals surface area contributed by atoms with Crippen LogP contribution in [-0.2, 0) is 4.79 Å². The van der Waals surface area contributed by atoms with Crippen LogP contribution in [0.25, 0.3) is 0 Å². The lowest BCUT2D eigenvalue weighted by molar-refractivity contribution is -0.132. The molecule has 0 spiro atoms. The van der Waals surface area contributed by atoms with Gasteiger partial charge in [0.2, 0.25) is 0 Å². The van der Waals surface area contributed by atoms with Gasteiger partial charge < -0.3 is 5.11 Å². The van der Waals surface area contributed by atoms with Crippen LogP contribution in [0.1, 0.15) is 78.6 Å². The van der Waals surface area contributed by atoms with Gasteiger partial charge in [-0.2, -0.15) is 10.4 Å². The maximum Gasteiger partial charge on any atom is 0.157 e. The number of aliphatic hydroxyl groups is 1. The number of hydrogen-bond acceptors (Lipinski definition) is 5. The molecule has 0 aliphatic heterocycles. The second-order valence-electron chi connectivity index (χ2n) is 11.5. The summed E-state index contributed by atoms with van der Waals surface area (Å²) in [4.78, 5) is 13.3. The predicted molar refractivity (Wildman–Crippen MR) is 122 cm³/mol. The van der Waals surface area contributed by atoms with Crippen molar-refractivity contribution in [2.24, 2.45) is 46.0 Å². The summed E-state index contributed by atoms with van der Waals surface area (Å²) in [5.74, 6) is 3.98. The van der Waals surface area contributed by atoms with E-state index in [4.69, 9.17) is 5.26 Å². The number of nitrogens with zero attached hydrogens (tertiary/aromatic N) is 3. The molecule has 5 nitrogen and oxygen atoms in total. The average Bonchev–Trinajstić information content (AvgIpc) is 3.09. The van der Waals surface area contributed by atoms with Gasteiger partial charge in [0, 0.05) is 24.4 Å². The van der Waals surface area contributed by atoms with Crippen LogP contribution in [0.4, 0.5) is 0 Å². The zero-order chi connectivity index (χ0) is 22.4. The molecule has 0 aromatic rings. The maximum atomic E-state index is 13.3. The largest absolute Gasteiger partial charge is 0.390 e. The number of rotatable bonds is 5. The van der Waals surface area contributed by atoms with Crippen LogP contribution in [0.15, 0.2) is 16.9 Å². The smallest absolute Gasteiger partial charge is 0.157 e. The molecular weight excluding hydrogens is 386 g/mol. The van der Waals surface area contributed by atoms with Gasteiger partial charge in [-0.25, -0.2) is 0 Å². The molecule has 4 rings (SSSR count). The average molecular weight is 426 g/mol. The minimum Gasteiger partial charge on any atom is -0.390 e. The molecule has 0 bridgehead atoms. The standard InChI is InChI=1S/C26H39N3O2/c1-17(14-27)15-29(28-4)16-24(30)23-8-7-22-21-6-5-18-13-25(2,31)11-9-19(18)20(21)10-12-26(22,23)3/h15,18-23,31H,4-13,16H2,1-3H3/b17-15+/t18-,19+,20-,21-,22+,23-,25-,26+/m1/s1.